The van der Waals surface area contributed by atoms with Crippen LogP contribution >= 0.6 is 0 Å². The van der Waals surface area contributed by atoms with Gasteiger partial charge < -0.3 is 9.15 Å². The number of carbonyl (C=O) groups is 1. The van der Waals surface area contributed by atoms with Gasteiger partial charge in [0.1, 0.15) is 17.1 Å². The van der Waals surface area contributed by atoms with E-state index >= 15 is 0 Å². The van der Waals surface area contributed by atoms with E-state index in [4.69, 9.17) is 9.15 Å². The molecule has 1 saturated carbocycles. The summed E-state index contributed by atoms with van der Waals surface area (Å²) >= 11 is 0. The van der Waals surface area contributed by atoms with Crippen LogP contribution in [0.5, 0.6) is 0 Å². The predicted octanol–water partition coefficient (Wildman–Crippen LogP) is 3.54. The van der Waals surface area contributed by atoms with E-state index in [0.717, 1.165) is 18.8 Å². The van der Waals surface area contributed by atoms with Gasteiger partial charge in [-0.25, -0.2) is 4.79 Å². The Morgan fingerprint density at radius 2 is 2.00 bits per heavy atom. The third-order valence-electron chi connectivity index (χ3n) is 4.02. The molecule has 116 valence electrons. The van der Waals surface area contributed by atoms with Gasteiger partial charge in [-0.05, 0) is 31.4 Å². The third kappa shape index (κ3) is 3.39. The van der Waals surface area contributed by atoms with Gasteiger partial charge in [0.15, 0.2) is 0 Å². The van der Waals surface area contributed by atoms with E-state index in [2.05, 4.69) is 29.2 Å². The molecule has 4 heteroatoms. The number of carbonyl (C=O) groups excluding carboxylic acids is 1. The van der Waals surface area contributed by atoms with Crippen molar-refractivity contribution in [2.45, 2.75) is 38.9 Å². The predicted molar refractivity (Wildman–Crippen MR) is 83.5 cm³/mol. The highest BCUT2D eigenvalue weighted by Gasteiger charge is 2.30. The quantitative estimate of drug-likeness (QED) is 0.765. The van der Waals surface area contributed by atoms with E-state index < -0.39 is 0 Å². The fraction of sp³-hybridized carbons (Fsp3) is 0.389. The van der Waals surface area contributed by atoms with Crippen LogP contribution in [0, 0.1) is 6.92 Å². The van der Waals surface area contributed by atoms with Gasteiger partial charge in [-0.15, -0.1) is 0 Å². The number of ether oxygens (including phenoxy) is 1. The Labute approximate surface area is 130 Å². The minimum Gasteiger partial charge on any atom is -0.465 e. The van der Waals surface area contributed by atoms with E-state index in [1.807, 2.05) is 12.1 Å². The zero-order valence-electron chi connectivity index (χ0n) is 13.0. The lowest BCUT2D eigenvalue weighted by Gasteiger charge is -2.20. The smallest absolute Gasteiger partial charge is 0.341 e. The fourth-order valence-electron chi connectivity index (χ4n) is 2.71. The maximum atomic E-state index is 11.7. The van der Waals surface area contributed by atoms with Crippen LogP contribution in [0.25, 0.3) is 0 Å². The van der Waals surface area contributed by atoms with Crippen molar-refractivity contribution in [1.29, 1.82) is 0 Å². The van der Waals surface area contributed by atoms with Crippen LogP contribution in [0.15, 0.2) is 40.8 Å². The van der Waals surface area contributed by atoms with Crippen LogP contribution in [0.1, 0.15) is 40.3 Å². The highest BCUT2D eigenvalue weighted by molar-refractivity contribution is 5.90. The minimum atomic E-state index is -0.339. The molecule has 3 rings (SSSR count). The van der Waals surface area contributed by atoms with Crippen molar-refractivity contribution in [2.24, 2.45) is 0 Å². The third-order valence-corrected chi connectivity index (χ3v) is 4.02. The monoisotopic (exact) mass is 299 g/mol. The van der Waals surface area contributed by atoms with Crippen LogP contribution in [0.4, 0.5) is 0 Å². The normalized spacial score (nSPS) is 14.3. The van der Waals surface area contributed by atoms with Crippen LogP contribution in [0.2, 0.25) is 0 Å². The Kier molecular flexibility index (Phi) is 4.29. The summed E-state index contributed by atoms with van der Waals surface area (Å²) in [6.07, 6.45) is 2.47. The van der Waals surface area contributed by atoms with Crippen molar-refractivity contribution in [2.75, 3.05) is 7.11 Å². The minimum absolute atomic E-state index is 0.339. The number of nitrogens with zero attached hydrogens (tertiary/aromatic N) is 1. The zero-order valence-corrected chi connectivity index (χ0v) is 13.0. The molecule has 0 spiro atoms. The lowest BCUT2D eigenvalue weighted by Crippen LogP contribution is -2.24. The molecular weight excluding hydrogens is 278 g/mol. The van der Waals surface area contributed by atoms with Gasteiger partial charge in [0.25, 0.3) is 0 Å². The second-order valence-electron chi connectivity index (χ2n) is 5.80. The molecule has 1 aliphatic carbocycles. The van der Waals surface area contributed by atoms with E-state index in [1.165, 1.54) is 25.5 Å². The van der Waals surface area contributed by atoms with E-state index in [-0.39, 0.29) is 5.97 Å². The molecule has 22 heavy (non-hydrogen) atoms. The second kappa shape index (κ2) is 6.36. The van der Waals surface area contributed by atoms with Gasteiger partial charge in [-0.1, -0.05) is 30.3 Å². The summed E-state index contributed by atoms with van der Waals surface area (Å²) in [6, 6.07) is 12.9. The fourth-order valence-corrected chi connectivity index (χ4v) is 2.71. The van der Waals surface area contributed by atoms with Crippen molar-refractivity contribution in [3.8, 4) is 0 Å². The molecule has 0 saturated heterocycles. The largest absolute Gasteiger partial charge is 0.465 e. The highest BCUT2D eigenvalue weighted by Crippen LogP contribution is 2.30. The molecule has 0 N–H and O–H groups in total. The van der Waals surface area contributed by atoms with Gasteiger partial charge in [-0.3, -0.25) is 4.90 Å². The van der Waals surface area contributed by atoms with Gasteiger partial charge in [0.05, 0.1) is 13.7 Å². The van der Waals surface area contributed by atoms with Crippen LogP contribution in [-0.2, 0) is 17.8 Å². The lowest BCUT2D eigenvalue weighted by molar-refractivity contribution is 0.0599. The summed E-state index contributed by atoms with van der Waals surface area (Å²) in [5.74, 6) is 1.10. The average molecular weight is 299 g/mol. The second-order valence-corrected chi connectivity index (χ2v) is 5.80. The molecule has 1 fully saturated rings. The lowest BCUT2D eigenvalue weighted by atomic mass is 10.2. The molecule has 1 aliphatic rings. The molecule has 0 unspecified atom stereocenters. The van der Waals surface area contributed by atoms with Crippen LogP contribution in [0.3, 0.4) is 0 Å². The molecule has 1 aromatic heterocycles. The first-order valence-electron chi connectivity index (χ1n) is 7.63. The van der Waals surface area contributed by atoms with Gasteiger partial charge in [-0.2, -0.15) is 0 Å². The van der Waals surface area contributed by atoms with Crippen LogP contribution < -0.4 is 0 Å². The number of hydrogen-bond acceptors (Lipinski definition) is 4. The molecule has 0 atom stereocenters. The maximum absolute atomic E-state index is 11.7. The molecule has 4 nitrogen and oxygen atoms in total. The van der Waals surface area contributed by atoms with Gasteiger partial charge in [0.2, 0.25) is 0 Å². The number of aryl methyl sites for hydroxylation is 1. The Balaban J connectivity index is 1.73. The molecule has 1 heterocycles. The average Bonchev–Trinajstić information content (AvgIpc) is 3.31. The van der Waals surface area contributed by atoms with Gasteiger partial charge >= 0.3 is 5.97 Å². The number of esters is 1. The summed E-state index contributed by atoms with van der Waals surface area (Å²) in [6.45, 7) is 3.42. The summed E-state index contributed by atoms with van der Waals surface area (Å²) < 4.78 is 10.5. The number of methoxy groups -OCH3 is 1. The summed E-state index contributed by atoms with van der Waals surface area (Å²) in [7, 11) is 1.39. The summed E-state index contributed by atoms with van der Waals surface area (Å²) in [5, 5.41) is 0. The van der Waals surface area contributed by atoms with E-state index in [0.29, 0.717) is 17.4 Å². The Bertz CT molecular complexity index is 644. The van der Waals surface area contributed by atoms with Crippen molar-refractivity contribution in [1.82, 2.24) is 4.90 Å². The first-order chi connectivity index (χ1) is 10.7. The maximum Gasteiger partial charge on any atom is 0.341 e. The SMILES string of the molecule is COC(=O)c1cc(CN(Cc2ccccc2)C2CC2)oc1C. The van der Waals surface area contributed by atoms with Crippen molar-refractivity contribution < 1.29 is 13.9 Å². The van der Waals surface area contributed by atoms with E-state index in [9.17, 15) is 4.79 Å². The number of benzene rings is 1. The van der Waals surface area contributed by atoms with Crippen molar-refractivity contribution in [3.05, 3.63) is 59.0 Å². The van der Waals surface area contributed by atoms with Crippen molar-refractivity contribution >= 4 is 5.97 Å². The highest BCUT2D eigenvalue weighted by atomic mass is 16.5. The summed E-state index contributed by atoms with van der Waals surface area (Å²) in [5.41, 5.74) is 1.82. The Morgan fingerprint density at radius 3 is 2.64 bits per heavy atom. The van der Waals surface area contributed by atoms with Gasteiger partial charge in [0, 0.05) is 12.6 Å². The zero-order chi connectivity index (χ0) is 15.5. The first kappa shape index (κ1) is 14.9. The van der Waals surface area contributed by atoms with Crippen molar-refractivity contribution in [3.63, 3.8) is 0 Å². The Morgan fingerprint density at radius 1 is 1.27 bits per heavy atom. The van der Waals surface area contributed by atoms with Crippen LogP contribution in [-0.4, -0.2) is 24.0 Å². The number of hydrogen-bond donors (Lipinski definition) is 0. The molecule has 0 amide bonds. The molecular formula is C18H21NO3. The first-order valence-corrected chi connectivity index (χ1v) is 7.63. The molecule has 2 aromatic rings. The molecule has 1 aromatic carbocycles. The number of rotatable bonds is 6. The standard InChI is InChI=1S/C18H21NO3/c1-13-17(18(20)21-2)10-16(22-13)12-19(15-8-9-15)11-14-6-4-3-5-7-14/h3-7,10,15H,8-9,11-12H2,1-2H3. The number of furan rings is 1. The molecule has 0 bridgehead atoms. The molecule has 0 aliphatic heterocycles. The van der Waals surface area contributed by atoms with E-state index in [1.54, 1.807) is 6.92 Å². The summed E-state index contributed by atoms with van der Waals surface area (Å²) in [4.78, 5) is 14.1. The Hall–Kier alpha value is -2.07. The topological polar surface area (TPSA) is 42.7 Å². The molecule has 0 radical (unpaired) electrons.